The summed E-state index contributed by atoms with van der Waals surface area (Å²) in [5, 5.41) is 2.73. The van der Waals surface area contributed by atoms with Gasteiger partial charge in [-0.2, -0.15) is 0 Å². The van der Waals surface area contributed by atoms with Crippen molar-refractivity contribution < 1.29 is 14.0 Å². The van der Waals surface area contributed by atoms with E-state index < -0.39 is 0 Å². The zero-order chi connectivity index (χ0) is 19.1. The molecule has 0 aliphatic heterocycles. The number of aromatic nitrogens is 1. The topological polar surface area (TPSA) is 75.4 Å². The van der Waals surface area contributed by atoms with E-state index in [0.29, 0.717) is 24.4 Å². The molecule has 0 bridgehead atoms. The lowest BCUT2D eigenvalue weighted by molar-refractivity contribution is 0.0752. The van der Waals surface area contributed by atoms with Crippen molar-refractivity contribution >= 4 is 11.8 Å². The van der Waals surface area contributed by atoms with Crippen LogP contribution in [0.4, 0.5) is 0 Å². The fourth-order valence-corrected chi connectivity index (χ4v) is 2.67. The van der Waals surface area contributed by atoms with Gasteiger partial charge in [-0.1, -0.05) is 30.3 Å². The predicted octanol–water partition coefficient (Wildman–Crippen LogP) is 3.27. The van der Waals surface area contributed by atoms with Crippen LogP contribution in [0.15, 0.2) is 71.5 Å². The lowest BCUT2D eigenvalue weighted by atomic mass is 10.1. The number of pyridine rings is 1. The van der Waals surface area contributed by atoms with Crippen molar-refractivity contribution in [3.05, 3.63) is 89.6 Å². The normalized spacial score (nSPS) is 10.4. The van der Waals surface area contributed by atoms with Crippen LogP contribution in [-0.4, -0.2) is 28.2 Å². The summed E-state index contributed by atoms with van der Waals surface area (Å²) in [7, 11) is 0. The first kappa shape index (κ1) is 18.4. The van der Waals surface area contributed by atoms with Crippen molar-refractivity contribution in [3.8, 4) is 0 Å². The van der Waals surface area contributed by atoms with Gasteiger partial charge in [-0.15, -0.1) is 0 Å². The first-order valence-corrected chi connectivity index (χ1v) is 8.77. The zero-order valence-electron chi connectivity index (χ0n) is 15.1. The second-order valence-corrected chi connectivity index (χ2v) is 6.00. The summed E-state index contributed by atoms with van der Waals surface area (Å²) in [6.45, 7) is 3.27. The summed E-state index contributed by atoms with van der Waals surface area (Å²) in [5.41, 5.74) is 1.69. The minimum absolute atomic E-state index is 0.135. The molecule has 6 heteroatoms. The van der Waals surface area contributed by atoms with Crippen LogP contribution in [0, 0.1) is 0 Å². The summed E-state index contributed by atoms with van der Waals surface area (Å²) in [4.78, 5) is 31.0. The van der Waals surface area contributed by atoms with E-state index in [-0.39, 0.29) is 24.1 Å². The predicted molar refractivity (Wildman–Crippen MR) is 101 cm³/mol. The molecule has 2 aromatic heterocycles. The molecule has 0 aliphatic carbocycles. The van der Waals surface area contributed by atoms with Crippen LogP contribution in [0.2, 0.25) is 0 Å². The van der Waals surface area contributed by atoms with Crippen LogP contribution in [0.3, 0.4) is 0 Å². The second kappa shape index (κ2) is 8.80. The summed E-state index contributed by atoms with van der Waals surface area (Å²) >= 11 is 0. The highest BCUT2D eigenvalue weighted by atomic mass is 16.3. The molecule has 0 fully saturated rings. The van der Waals surface area contributed by atoms with Gasteiger partial charge in [-0.25, -0.2) is 0 Å². The summed E-state index contributed by atoms with van der Waals surface area (Å²) in [5.74, 6) is 0.159. The molecule has 0 aliphatic rings. The van der Waals surface area contributed by atoms with E-state index in [1.54, 1.807) is 29.4 Å². The van der Waals surface area contributed by atoms with E-state index in [2.05, 4.69) is 10.3 Å². The van der Waals surface area contributed by atoms with E-state index in [4.69, 9.17) is 4.42 Å². The van der Waals surface area contributed by atoms with Gasteiger partial charge in [0.05, 0.1) is 12.8 Å². The second-order valence-electron chi connectivity index (χ2n) is 6.00. The summed E-state index contributed by atoms with van der Waals surface area (Å²) in [6, 6.07) is 16.5. The van der Waals surface area contributed by atoms with Crippen LogP contribution >= 0.6 is 0 Å². The van der Waals surface area contributed by atoms with Crippen LogP contribution < -0.4 is 5.32 Å². The van der Waals surface area contributed by atoms with Crippen LogP contribution in [0.25, 0.3) is 0 Å². The molecule has 0 radical (unpaired) electrons. The van der Waals surface area contributed by atoms with Crippen LogP contribution in [0.5, 0.6) is 0 Å². The Kier molecular flexibility index (Phi) is 5.99. The third-order valence-electron chi connectivity index (χ3n) is 4.13. The molecule has 0 unspecified atom stereocenters. The van der Waals surface area contributed by atoms with E-state index in [9.17, 15) is 9.59 Å². The first-order chi connectivity index (χ1) is 13.2. The zero-order valence-corrected chi connectivity index (χ0v) is 15.1. The van der Waals surface area contributed by atoms with Crippen molar-refractivity contribution in [1.29, 1.82) is 0 Å². The molecule has 2 heterocycles. The Hall–Kier alpha value is -3.41. The monoisotopic (exact) mass is 363 g/mol. The number of furan rings is 1. The van der Waals surface area contributed by atoms with E-state index in [1.165, 1.54) is 12.3 Å². The molecular formula is C21H21N3O3. The number of nitrogens with zero attached hydrogens (tertiary/aromatic N) is 2. The molecule has 0 spiro atoms. The number of nitrogens with one attached hydrogen (secondary N) is 1. The Labute approximate surface area is 157 Å². The first-order valence-electron chi connectivity index (χ1n) is 8.77. The van der Waals surface area contributed by atoms with E-state index in [1.807, 2.05) is 37.3 Å². The lowest BCUT2D eigenvalue weighted by Crippen LogP contribution is -2.31. The third-order valence-corrected chi connectivity index (χ3v) is 4.13. The molecule has 3 aromatic rings. The highest BCUT2D eigenvalue weighted by Gasteiger charge is 2.17. The summed E-state index contributed by atoms with van der Waals surface area (Å²) < 4.78 is 5.19. The Bertz CT molecular complexity index is 892. The van der Waals surface area contributed by atoms with Crippen molar-refractivity contribution in [2.75, 3.05) is 6.54 Å². The van der Waals surface area contributed by atoms with Gasteiger partial charge in [0.15, 0.2) is 0 Å². The fraction of sp³-hybridized carbons (Fsp3) is 0.190. The molecular weight excluding hydrogens is 342 g/mol. The van der Waals surface area contributed by atoms with Gasteiger partial charge in [0.25, 0.3) is 11.8 Å². The van der Waals surface area contributed by atoms with Crippen molar-refractivity contribution in [3.63, 3.8) is 0 Å². The van der Waals surface area contributed by atoms with Gasteiger partial charge < -0.3 is 14.6 Å². The van der Waals surface area contributed by atoms with E-state index >= 15 is 0 Å². The van der Waals surface area contributed by atoms with Crippen LogP contribution in [0.1, 0.15) is 39.1 Å². The van der Waals surface area contributed by atoms with Crippen molar-refractivity contribution in [1.82, 2.24) is 15.2 Å². The Morgan fingerprint density at radius 2 is 1.93 bits per heavy atom. The summed E-state index contributed by atoms with van der Waals surface area (Å²) in [6.07, 6.45) is 3.02. The van der Waals surface area contributed by atoms with Crippen LogP contribution in [-0.2, 0) is 13.1 Å². The number of carbonyl (C=O) groups excluding carboxylic acids is 2. The van der Waals surface area contributed by atoms with Crippen molar-refractivity contribution in [2.45, 2.75) is 20.0 Å². The number of carbonyl (C=O) groups is 2. The standard InChI is InChI=1S/C21H21N3O3/c1-2-24(15-16-7-4-3-5-8-16)21(26)17-10-11-22-19(13-17)20(25)23-14-18-9-6-12-27-18/h3-13H,2,14-15H2,1H3,(H,23,25). The third kappa shape index (κ3) is 4.82. The molecule has 6 nitrogen and oxygen atoms in total. The smallest absolute Gasteiger partial charge is 0.270 e. The minimum Gasteiger partial charge on any atom is -0.467 e. The Morgan fingerprint density at radius 3 is 2.63 bits per heavy atom. The molecule has 1 aromatic carbocycles. The van der Waals surface area contributed by atoms with Gasteiger partial charge in [-0.05, 0) is 36.8 Å². The molecule has 2 amide bonds. The molecule has 138 valence electrons. The molecule has 1 N–H and O–H groups in total. The maximum atomic E-state index is 12.9. The average molecular weight is 363 g/mol. The SMILES string of the molecule is CCN(Cc1ccccc1)C(=O)c1ccnc(C(=O)NCc2ccco2)c1. The Morgan fingerprint density at radius 1 is 1.11 bits per heavy atom. The number of amides is 2. The largest absolute Gasteiger partial charge is 0.467 e. The average Bonchev–Trinajstić information content (AvgIpc) is 3.24. The minimum atomic E-state index is -0.354. The molecule has 27 heavy (non-hydrogen) atoms. The fourth-order valence-electron chi connectivity index (χ4n) is 2.67. The Balaban J connectivity index is 1.69. The number of benzene rings is 1. The number of rotatable bonds is 7. The maximum absolute atomic E-state index is 12.9. The lowest BCUT2D eigenvalue weighted by Gasteiger charge is -2.21. The van der Waals surface area contributed by atoms with Gasteiger partial charge >= 0.3 is 0 Å². The molecule has 3 rings (SSSR count). The van der Waals surface area contributed by atoms with E-state index in [0.717, 1.165) is 5.56 Å². The van der Waals surface area contributed by atoms with Gasteiger partial charge in [-0.3, -0.25) is 14.6 Å². The molecule has 0 atom stereocenters. The highest BCUT2D eigenvalue weighted by molar-refractivity contribution is 5.98. The van der Waals surface area contributed by atoms with Gasteiger partial charge in [0.2, 0.25) is 0 Å². The maximum Gasteiger partial charge on any atom is 0.270 e. The number of hydrogen-bond acceptors (Lipinski definition) is 4. The van der Waals surface area contributed by atoms with Gasteiger partial charge in [0, 0.05) is 24.8 Å². The highest BCUT2D eigenvalue weighted by Crippen LogP contribution is 2.11. The number of hydrogen-bond donors (Lipinski definition) is 1. The molecule has 0 saturated carbocycles. The quantitative estimate of drug-likeness (QED) is 0.699. The van der Waals surface area contributed by atoms with Gasteiger partial charge in [0.1, 0.15) is 11.5 Å². The van der Waals surface area contributed by atoms with Crippen molar-refractivity contribution in [2.24, 2.45) is 0 Å². The molecule has 0 saturated heterocycles.